The molecule has 0 radical (unpaired) electrons. The first-order valence-electron chi connectivity index (χ1n) is 8.68. The zero-order chi connectivity index (χ0) is 17.3. The monoisotopic (exact) mass is 341 g/mol. The van der Waals surface area contributed by atoms with Crippen molar-refractivity contribution in [2.75, 3.05) is 24.3 Å². The Hall–Kier alpha value is -2.41. The molecule has 3 heterocycles. The molecule has 1 aliphatic carbocycles. The molecule has 4 rings (SSSR count). The Bertz CT molecular complexity index is 728. The molecule has 25 heavy (non-hydrogen) atoms. The summed E-state index contributed by atoms with van der Waals surface area (Å²) < 4.78 is 12.1. The van der Waals surface area contributed by atoms with E-state index < -0.39 is 0 Å². The van der Waals surface area contributed by atoms with Crippen LogP contribution in [0.3, 0.4) is 0 Å². The van der Waals surface area contributed by atoms with Crippen molar-refractivity contribution in [1.29, 1.82) is 0 Å². The number of hydrogen-bond donors (Lipinski definition) is 1. The molecule has 2 aromatic rings. The molecule has 7 nitrogen and oxygen atoms in total. The number of nitrogens with two attached hydrogens (primary N) is 1. The lowest BCUT2D eigenvalue weighted by atomic mass is 9.79. The summed E-state index contributed by atoms with van der Waals surface area (Å²) in [6, 6.07) is 7.84. The van der Waals surface area contributed by atoms with Crippen molar-refractivity contribution < 1.29 is 9.47 Å². The number of hydrogen-bond acceptors (Lipinski definition) is 7. The van der Waals surface area contributed by atoms with Crippen LogP contribution in [0.5, 0.6) is 5.88 Å². The van der Waals surface area contributed by atoms with Crippen LogP contribution >= 0.6 is 0 Å². The molecule has 0 bridgehead atoms. The first kappa shape index (κ1) is 16.1. The number of fused-ring (bicyclic) bond motifs is 1. The summed E-state index contributed by atoms with van der Waals surface area (Å²) in [5.41, 5.74) is 5.63. The van der Waals surface area contributed by atoms with Gasteiger partial charge < -0.3 is 20.1 Å². The van der Waals surface area contributed by atoms with Gasteiger partial charge in [-0.25, -0.2) is 9.97 Å². The van der Waals surface area contributed by atoms with Gasteiger partial charge in [0.15, 0.2) is 0 Å². The third-order valence-corrected chi connectivity index (χ3v) is 5.42. The van der Waals surface area contributed by atoms with Crippen LogP contribution < -0.4 is 15.4 Å². The normalized spacial score (nSPS) is 28.6. The van der Waals surface area contributed by atoms with Gasteiger partial charge in [-0.15, -0.1) is 0 Å². The molecular formula is C18H23N5O2. The van der Waals surface area contributed by atoms with Crippen LogP contribution in [0.2, 0.25) is 0 Å². The van der Waals surface area contributed by atoms with E-state index in [2.05, 4.69) is 19.9 Å². The topological polar surface area (TPSA) is 86.4 Å². The molecule has 1 aliphatic heterocycles. The Morgan fingerprint density at radius 1 is 1.20 bits per heavy atom. The van der Waals surface area contributed by atoms with E-state index in [1.165, 1.54) is 0 Å². The lowest BCUT2D eigenvalue weighted by Gasteiger charge is -2.43. The van der Waals surface area contributed by atoms with Crippen LogP contribution in [-0.4, -0.2) is 46.4 Å². The average molecular weight is 341 g/mol. The van der Waals surface area contributed by atoms with Gasteiger partial charge in [0.05, 0.1) is 11.6 Å². The van der Waals surface area contributed by atoms with Crippen LogP contribution in [0.4, 0.5) is 11.8 Å². The van der Waals surface area contributed by atoms with Gasteiger partial charge in [0, 0.05) is 38.5 Å². The molecule has 2 N–H and O–H groups in total. The van der Waals surface area contributed by atoms with Crippen molar-refractivity contribution in [3.05, 3.63) is 36.7 Å². The van der Waals surface area contributed by atoms with Crippen molar-refractivity contribution in [3.63, 3.8) is 0 Å². The number of ether oxygens (including phenoxy) is 2. The highest BCUT2D eigenvalue weighted by atomic mass is 16.5. The minimum Gasteiger partial charge on any atom is -0.474 e. The molecule has 0 amide bonds. The Balaban J connectivity index is 1.56. The number of rotatable bonds is 4. The summed E-state index contributed by atoms with van der Waals surface area (Å²) in [4.78, 5) is 15.0. The molecule has 7 heteroatoms. The number of nitrogens with zero attached hydrogens (tertiary/aromatic N) is 4. The number of pyridine rings is 1. The summed E-state index contributed by atoms with van der Waals surface area (Å²) in [7, 11) is 1.81. The van der Waals surface area contributed by atoms with Gasteiger partial charge in [0.2, 0.25) is 11.8 Å². The molecule has 2 fully saturated rings. The smallest absolute Gasteiger partial charge is 0.221 e. The van der Waals surface area contributed by atoms with E-state index in [-0.39, 0.29) is 17.7 Å². The maximum absolute atomic E-state index is 6.11. The second kappa shape index (κ2) is 6.48. The minimum absolute atomic E-state index is 0.114. The summed E-state index contributed by atoms with van der Waals surface area (Å²) in [5, 5.41) is 0. The van der Waals surface area contributed by atoms with Crippen LogP contribution in [0.15, 0.2) is 36.7 Å². The predicted octanol–water partition coefficient (Wildman–Crippen LogP) is 2.05. The fourth-order valence-corrected chi connectivity index (χ4v) is 4.15. The third-order valence-electron chi connectivity index (χ3n) is 5.42. The summed E-state index contributed by atoms with van der Waals surface area (Å²) in [6.07, 6.45) is 7.34. The second-order valence-electron chi connectivity index (χ2n) is 6.68. The molecule has 0 aromatic carbocycles. The minimum atomic E-state index is -0.149. The zero-order valence-corrected chi connectivity index (χ0v) is 14.3. The first-order chi connectivity index (χ1) is 12.2. The first-order valence-corrected chi connectivity index (χ1v) is 8.68. The van der Waals surface area contributed by atoms with Crippen LogP contribution in [-0.2, 0) is 4.74 Å². The fraction of sp³-hybridized carbons (Fsp3) is 0.500. The second-order valence-corrected chi connectivity index (χ2v) is 6.68. The number of aromatic nitrogens is 3. The van der Waals surface area contributed by atoms with Gasteiger partial charge in [-0.3, -0.25) is 0 Å². The maximum Gasteiger partial charge on any atom is 0.221 e. The van der Waals surface area contributed by atoms with E-state index in [1.807, 2.05) is 31.4 Å². The quantitative estimate of drug-likeness (QED) is 0.910. The molecule has 2 aliphatic rings. The number of anilines is 2. The van der Waals surface area contributed by atoms with Gasteiger partial charge in [-0.1, -0.05) is 6.07 Å². The largest absolute Gasteiger partial charge is 0.474 e. The average Bonchev–Trinajstić information content (AvgIpc) is 3.02. The molecule has 0 unspecified atom stereocenters. The lowest BCUT2D eigenvalue weighted by Crippen LogP contribution is -2.52. The fourth-order valence-electron chi connectivity index (χ4n) is 4.15. The third kappa shape index (κ3) is 3.00. The molecule has 3 atom stereocenters. The van der Waals surface area contributed by atoms with E-state index in [4.69, 9.17) is 15.2 Å². The highest BCUT2D eigenvalue weighted by Crippen LogP contribution is 2.44. The molecular weight excluding hydrogens is 318 g/mol. The van der Waals surface area contributed by atoms with E-state index in [0.717, 1.165) is 38.0 Å². The van der Waals surface area contributed by atoms with E-state index >= 15 is 0 Å². The van der Waals surface area contributed by atoms with Crippen LogP contribution in [0.25, 0.3) is 0 Å². The van der Waals surface area contributed by atoms with E-state index in [1.54, 1.807) is 12.4 Å². The highest BCUT2D eigenvalue weighted by molar-refractivity contribution is 5.45. The van der Waals surface area contributed by atoms with Gasteiger partial charge in [-0.05, 0) is 31.4 Å². The van der Waals surface area contributed by atoms with Crippen molar-refractivity contribution in [3.8, 4) is 5.88 Å². The van der Waals surface area contributed by atoms with E-state index in [9.17, 15) is 0 Å². The Labute approximate surface area is 147 Å². The van der Waals surface area contributed by atoms with Crippen molar-refractivity contribution in [2.45, 2.75) is 43.4 Å². The van der Waals surface area contributed by atoms with Gasteiger partial charge in [0.25, 0.3) is 0 Å². The summed E-state index contributed by atoms with van der Waals surface area (Å²) in [5.74, 6) is 1.83. The summed E-state index contributed by atoms with van der Waals surface area (Å²) in [6.45, 7) is 0.894. The molecule has 132 valence electrons. The maximum atomic E-state index is 6.11. The standard InChI is InChI=1S/C18H23N5O2/c1-24-18-7-5-13(25-16-4-2-3-9-20-16)12-14(18)23(11-8-18)15-6-10-21-17(19)22-15/h2-4,6,9-10,13-14H,5,7-8,11-12H2,1H3,(H2,19,21,22)/t13-,14+,18-/m1/s1. The number of methoxy groups -OCH3 is 1. The molecule has 1 saturated heterocycles. The van der Waals surface area contributed by atoms with Crippen LogP contribution in [0.1, 0.15) is 25.7 Å². The zero-order valence-electron chi connectivity index (χ0n) is 14.3. The molecule has 2 aromatic heterocycles. The Kier molecular flexibility index (Phi) is 4.17. The highest BCUT2D eigenvalue weighted by Gasteiger charge is 2.52. The van der Waals surface area contributed by atoms with Crippen molar-refractivity contribution >= 4 is 11.8 Å². The summed E-state index contributed by atoms with van der Waals surface area (Å²) >= 11 is 0. The molecule has 1 saturated carbocycles. The van der Waals surface area contributed by atoms with Gasteiger partial charge in [-0.2, -0.15) is 4.98 Å². The van der Waals surface area contributed by atoms with Crippen molar-refractivity contribution in [2.24, 2.45) is 0 Å². The van der Waals surface area contributed by atoms with Crippen LogP contribution in [0, 0.1) is 0 Å². The SMILES string of the molecule is CO[C@@]12CC[C@@H](Oc3ccccn3)C[C@@H]1N(c1ccnc(N)n1)CC2. The molecule has 0 spiro atoms. The van der Waals surface area contributed by atoms with Crippen molar-refractivity contribution in [1.82, 2.24) is 15.0 Å². The van der Waals surface area contributed by atoms with Gasteiger partial charge >= 0.3 is 0 Å². The predicted molar refractivity (Wildman–Crippen MR) is 94.4 cm³/mol. The Morgan fingerprint density at radius 3 is 2.88 bits per heavy atom. The van der Waals surface area contributed by atoms with E-state index in [0.29, 0.717) is 11.8 Å². The number of nitrogen functional groups attached to an aromatic ring is 1. The Morgan fingerprint density at radius 2 is 2.12 bits per heavy atom. The van der Waals surface area contributed by atoms with Gasteiger partial charge in [0.1, 0.15) is 11.9 Å². The lowest BCUT2D eigenvalue weighted by molar-refractivity contribution is -0.0607.